The molecular weight excluding hydrogens is 364 g/mol. The van der Waals surface area contributed by atoms with Gasteiger partial charge in [0.1, 0.15) is 5.52 Å². The molecule has 0 radical (unpaired) electrons. The molecule has 0 saturated heterocycles. The number of nitrogens with one attached hydrogen (secondary N) is 1. The summed E-state index contributed by atoms with van der Waals surface area (Å²) >= 11 is 0. The van der Waals surface area contributed by atoms with Crippen LogP contribution in [0.15, 0.2) is 18.2 Å². The van der Waals surface area contributed by atoms with E-state index < -0.39 is 0 Å². The second-order valence-corrected chi connectivity index (χ2v) is 8.38. The molecule has 1 aliphatic rings. The summed E-state index contributed by atoms with van der Waals surface area (Å²) in [5, 5.41) is 16.3. The molecule has 3 aromatic rings. The highest BCUT2D eigenvalue weighted by atomic mass is 16.1. The van der Waals surface area contributed by atoms with Gasteiger partial charge in [-0.25, -0.2) is 4.68 Å². The van der Waals surface area contributed by atoms with Crippen molar-refractivity contribution in [3.8, 4) is 0 Å². The first kappa shape index (κ1) is 19.6. The smallest absolute Gasteiger partial charge is 0.251 e. The van der Waals surface area contributed by atoms with Gasteiger partial charge in [-0.3, -0.25) is 9.48 Å². The van der Waals surface area contributed by atoms with Crippen LogP contribution in [0, 0.1) is 13.8 Å². The van der Waals surface area contributed by atoms with E-state index in [1.165, 1.54) is 24.8 Å². The number of hydrogen-bond donors (Lipinski definition) is 1. The Labute approximate surface area is 171 Å². The van der Waals surface area contributed by atoms with Crippen LogP contribution in [0.5, 0.6) is 0 Å². The van der Waals surface area contributed by atoms with Crippen LogP contribution in [0.3, 0.4) is 0 Å². The summed E-state index contributed by atoms with van der Waals surface area (Å²) in [6, 6.07) is 6.16. The molecule has 0 spiro atoms. The lowest BCUT2D eigenvalue weighted by Gasteiger charge is -2.21. The average molecular weight is 395 g/mol. The Hall–Kier alpha value is -2.70. The minimum atomic E-state index is -0.0780. The van der Waals surface area contributed by atoms with Gasteiger partial charge in [-0.05, 0) is 63.8 Å². The Bertz CT molecular complexity index is 1030. The lowest BCUT2D eigenvalue weighted by molar-refractivity contribution is 0.0940. The fourth-order valence-electron chi connectivity index (χ4n) is 4.46. The Morgan fingerprint density at radius 2 is 2.00 bits per heavy atom. The molecule has 154 valence electrons. The fourth-order valence-corrected chi connectivity index (χ4v) is 4.46. The van der Waals surface area contributed by atoms with Crippen LogP contribution in [-0.2, 0) is 13.5 Å². The van der Waals surface area contributed by atoms with Gasteiger partial charge in [0.15, 0.2) is 0 Å². The second kappa shape index (κ2) is 7.97. The van der Waals surface area contributed by atoms with Gasteiger partial charge in [-0.2, -0.15) is 5.10 Å². The molecule has 0 aliphatic heterocycles. The molecule has 7 heteroatoms. The standard InChI is InChI=1S/C22H30N6O/c1-14(12-19-15(2)25-27(4)16(19)3)23-22(29)17-10-11-21-20(13-17)24-26-28(21)18-8-6-5-7-9-18/h10-11,13-14,18H,5-9,12H2,1-4H3,(H,23,29)/t14-/m0/s1. The Morgan fingerprint density at radius 1 is 1.24 bits per heavy atom. The quantitative estimate of drug-likeness (QED) is 0.717. The summed E-state index contributed by atoms with van der Waals surface area (Å²) in [4.78, 5) is 12.8. The molecule has 2 aromatic heterocycles. The van der Waals surface area contributed by atoms with Crippen molar-refractivity contribution in [2.24, 2.45) is 7.05 Å². The van der Waals surface area contributed by atoms with E-state index in [1.54, 1.807) is 0 Å². The maximum absolute atomic E-state index is 12.8. The number of nitrogens with zero attached hydrogens (tertiary/aromatic N) is 5. The lowest BCUT2D eigenvalue weighted by Crippen LogP contribution is -2.34. The minimum Gasteiger partial charge on any atom is -0.349 e. The Balaban J connectivity index is 1.47. The maximum atomic E-state index is 12.8. The van der Waals surface area contributed by atoms with Crippen LogP contribution in [0.2, 0.25) is 0 Å². The molecule has 0 bridgehead atoms. The molecule has 0 unspecified atom stereocenters. The molecule has 1 fully saturated rings. The third-order valence-corrected chi connectivity index (χ3v) is 6.20. The van der Waals surface area contributed by atoms with Crippen molar-refractivity contribution in [3.05, 3.63) is 40.7 Å². The first-order valence-corrected chi connectivity index (χ1v) is 10.6. The van der Waals surface area contributed by atoms with E-state index in [2.05, 4.69) is 27.7 Å². The number of rotatable bonds is 5. The first-order valence-electron chi connectivity index (χ1n) is 10.6. The Kier molecular flexibility index (Phi) is 5.39. The predicted molar refractivity (Wildman–Crippen MR) is 113 cm³/mol. The highest BCUT2D eigenvalue weighted by Crippen LogP contribution is 2.30. The van der Waals surface area contributed by atoms with Crippen LogP contribution in [0.4, 0.5) is 0 Å². The molecular formula is C22H30N6O. The third kappa shape index (κ3) is 3.91. The van der Waals surface area contributed by atoms with Crippen molar-refractivity contribution in [3.63, 3.8) is 0 Å². The van der Waals surface area contributed by atoms with E-state index in [-0.39, 0.29) is 11.9 Å². The number of amides is 1. The summed E-state index contributed by atoms with van der Waals surface area (Å²) in [5.74, 6) is -0.0780. The van der Waals surface area contributed by atoms with Crippen molar-refractivity contribution < 1.29 is 4.79 Å². The molecule has 1 aromatic carbocycles. The number of aromatic nitrogens is 5. The number of aryl methyl sites for hydroxylation is 2. The lowest BCUT2D eigenvalue weighted by atomic mass is 9.95. The molecule has 1 aliphatic carbocycles. The molecule has 1 atom stereocenters. The predicted octanol–water partition coefficient (Wildman–Crippen LogP) is 3.65. The first-order chi connectivity index (χ1) is 13.9. The summed E-state index contributed by atoms with van der Waals surface area (Å²) in [5.41, 5.74) is 5.79. The highest BCUT2D eigenvalue weighted by Gasteiger charge is 2.20. The second-order valence-electron chi connectivity index (χ2n) is 8.38. The van der Waals surface area contributed by atoms with Crippen LogP contribution >= 0.6 is 0 Å². The molecule has 2 heterocycles. The van der Waals surface area contributed by atoms with Gasteiger partial charge in [-0.1, -0.05) is 24.5 Å². The fraction of sp³-hybridized carbons (Fsp3) is 0.545. The minimum absolute atomic E-state index is 0.0118. The number of carbonyl (C=O) groups is 1. The summed E-state index contributed by atoms with van der Waals surface area (Å²) in [6.07, 6.45) is 6.89. The number of carbonyl (C=O) groups excluding carboxylic acids is 1. The molecule has 1 saturated carbocycles. The molecule has 29 heavy (non-hydrogen) atoms. The van der Waals surface area contributed by atoms with Crippen LogP contribution < -0.4 is 5.32 Å². The zero-order chi connectivity index (χ0) is 20.5. The van der Waals surface area contributed by atoms with Gasteiger partial charge in [0.05, 0.1) is 17.3 Å². The zero-order valence-corrected chi connectivity index (χ0v) is 17.8. The van der Waals surface area contributed by atoms with Gasteiger partial charge < -0.3 is 5.32 Å². The monoisotopic (exact) mass is 394 g/mol. The van der Waals surface area contributed by atoms with Crippen molar-refractivity contribution in [1.29, 1.82) is 0 Å². The van der Waals surface area contributed by atoms with Gasteiger partial charge >= 0.3 is 0 Å². The topological polar surface area (TPSA) is 77.6 Å². The molecule has 1 N–H and O–H groups in total. The van der Waals surface area contributed by atoms with Gasteiger partial charge in [0.25, 0.3) is 5.91 Å². The van der Waals surface area contributed by atoms with Crippen LogP contribution in [0.1, 0.15) is 72.4 Å². The van der Waals surface area contributed by atoms with Crippen molar-refractivity contribution in [2.45, 2.75) is 71.4 Å². The SMILES string of the molecule is Cc1nn(C)c(C)c1C[C@H](C)NC(=O)c1ccc2c(c1)nnn2C1CCCCC1. The van der Waals surface area contributed by atoms with E-state index in [9.17, 15) is 4.79 Å². The van der Waals surface area contributed by atoms with Gasteiger partial charge in [-0.15, -0.1) is 5.10 Å². The Morgan fingerprint density at radius 3 is 2.69 bits per heavy atom. The van der Waals surface area contributed by atoms with Gasteiger partial charge in [0, 0.05) is 24.3 Å². The summed E-state index contributed by atoms with van der Waals surface area (Å²) < 4.78 is 3.94. The number of benzene rings is 1. The van der Waals surface area contributed by atoms with Gasteiger partial charge in [0.2, 0.25) is 0 Å². The average Bonchev–Trinajstić information content (AvgIpc) is 3.24. The maximum Gasteiger partial charge on any atom is 0.251 e. The van der Waals surface area contributed by atoms with E-state index in [1.807, 2.05) is 48.5 Å². The largest absolute Gasteiger partial charge is 0.349 e. The van der Waals surface area contributed by atoms with E-state index in [4.69, 9.17) is 0 Å². The third-order valence-electron chi connectivity index (χ3n) is 6.20. The van der Waals surface area contributed by atoms with Crippen LogP contribution in [-0.4, -0.2) is 36.7 Å². The van der Waals surface area contributed by atoms with E-state index in [0.29, 0.717) is 11.6 Å². The van der Waals surface area contributed by atoms with Crippen molar-refractivity contribution in [2.75, 3.05) is 0 Å². The van der Waals surface area contributed by atoms with Crippen LogP contribution in [0.25, 0.3) is 11.0 Å². The summed E-state index contributed by atoms with van der Waals surface area (Å²) in [7, 11) is 1.95. The highest BCUT2D eigenvalue weighted by molar-refractivity contribution is 5.97. The normalized spacial score (nSPS) is 16.3. The van der Waals surface area contributed by atoms with Crippen molar-refractivity contribution >= 4 is 16.9 Å². The van der Waals surface area contributed by atoms with E-state index in [0.717, 1.165) is 41.7 Å². The van der Waals surface area contributed by atoms with Crippen molar-refractivity contribution in [1.82, 2.24) is 30.1 Å². The molecule has 4 rings (SSSR count). The van der Waals surface area contributed by atoms with E-state index >= 15 is 0 Å². The molecule has 1 amide bonds. The zero-order valence-electron chi connectivity index (χ0n) is 17.8. The number of fused-ring (bicyclic) bond motifs is 1. The molecule has 7 nitrogen and oxygen atoms in total. The number of hydrogen-bond acceptors (Lipinski definition) is 4. The summed E-state index contributed by atoms with van der Waals surface area (Å²) in [6.45, 7) is 6.11.